The molecule has 0 aliphatic heterocycles. The molecule has 2 aromatic heterocycles. The lowest BCUT2D eigenvalue weighted by Gasteiger charge is -2.20. The van der Waals surface area contributed by atoms with Gasteiger partial charge in [-0.1, -0.05) is 25.1 Å². The zero-order valence-electron chi connectivity index (χ0n) is 15.9. The molecule has 1 aromatic carbocycles. The Balaban J connectivity index is 1.96. The summed E-state index contributed by atoms with van der Waals surface area (Å²) in [5, 5.41) is 6.66. The molecule has 2 unspecified atom stereocenters. The van der Waals surface area contributed by atoms with Crippen LogP contribution in [0.4, 0.5) is 21.7 Å². The summed E-state index contributed by atoms with van der Waals surface area (Å²) in [6.07, 6.45) is 1.57. The summed E-state index contributed by atoms with van der Waals surface area (Å²) in [6, 6.07) is 9.85. The van der Waals surface area contributed by atoms with E-state index in [4.69, 9.17) is 11.5 Å². The number of nitrogens with zero attached hydrogens (tertiary/aromatic N) is 2. The molecule has 3 aromatic rings. The zero-order valence-corrected chi connectivity index (χ0v) is 15.9. The maximum absolute atomic E-state index is 14.5. The number of carbonyl (C=O) groups is 2. The highest BCUT2D eigenvalue weighted by atomic mass is 19.1. The number of amides is 2. The number of pyridine rings is 2. The molecule has 29 heavy (non-hydrogen) atoms. The first-order valence-electron chi connectivity index (χ1n) is 8.94. The van der Waals surface area contributed by atoms with Crippen molar-refractivity contribution >= 4 is 40.0 Å². The van der Waals surface area contributed by atoms with Gasteiger partial charge in [0.1, 0.15) is 5.82 Å². The number of nitrogens with one attached hydrogen (secondary N) is 2. The highest BCUT2D eigenvalue weighted by Crippen LogP contribution is 2.26. The summed E-state index contributed by atoms with van der Waals surface area (Å²) in [5.41, 5.74) is 11.9. The molecule has 2 atom stereocenters. The van der Waals surface area contributed by atoms with Crippen LogP contribution in [0.5, 0.6) is 0 Å². The second-order valence-electron chi connectivity index (χ2n) is 6.74. The Morgan fingerprint density at radius 3 is 2.52 bits per heavy atom. The fourth-order valence-corrected chi connectivity index (χ4v) is 2.74. The Labute approximate surface area is 166 Å². The highest BCUT2D eigenvalue weighted by Gasteiger charge is 2.21. The van der Waals surface area contributed by atoms with Crippen molar-refractivity contribution in [2.75, 3.05) is 10.6 Å². The van der Waals surface area contributed by atoms with Gasteiger partial charge in [-0.3, -0.25) is 14.6 Å². The minimum Gasteiger partial charge on any atom is -0.369 e. The Hall–Kier alpha value is -3.75. The fourth-order valence-electron chi connectivity index (χ4n) is 2.74. The van der Waals surface area contributed by atoms with Crippen LogP contribution in [0.1, 0.15) is 24.2 Å². The highest BCUT2D eigenvalue weighted by molar-refractivity contribution is 5.99. The van der Waals surface area contributed by atoms with E-state index >= 15 is 0 Å². The predicted octanol–water partition coefficient (Wildman–Crippen LogP) is 2.53. The number of rotatable bonds is 7. The van der Waals surface area contributed by atoms with Gasteiger partial charge in [-0.05, 0) is 25.1 Å². The van der Waals surface area contributed by atoms with Gasteiger partial charge in [0.15, 0.2) is 11.6 Å². The summed E-state index contributed by atoms with van der Waals surface area (Å²) in [4.78, 5) is 31.7. The molecule has 0 bridgehead atoms. The van der Waals surface area contributed by atoms with Crippen LogP contribution >= 0.6 is 0 Å². The third-order valence-electron chi connectivity index (χ3n) is 4.66. The number of aromatic nitrogens is 2. The molecule has 0 spiro atoms. The minimum atomic E-state index is -0.835. The zero-order chi connectivity index (χ0) is 21.1. The van der Waals surface area contributed by atoms with Crippen LogP contribution in [0.15, 0.2) is 42.6 Å². The quantitative estimate of drug-likeness (QED) is 0.484. The molecule has 6 N–H and O–H groups in total. The number of hydrogen-bond donors (Lipinski definition) is 4. The van der Waals surface area contributed by atoms with Crippen LogP contribution in [0.3, 0.4) is 0 Å². The number of para-hydroxylation sites is 1. The molecule has 9 heteroatoms. The molecular weight excluding hydrogens is 375 g/mol. The van der Waals surface area contributed by atoms with Crippen molar-refractivity contribution in [2.24, 2.45) is 17.4 Å². The largest absolute Gasteiger partial charge is 0.369 e. The van der Waals surface area contributed by atoms with Gasteiger partial charge in [0.05, 0.1) is 28.9 Å². The summed E-state index contributed by atoms with van der Waals surface area (Å²) in [6.45, 7) is 3.30. The maximum atomic E-state index is 14.5. The number of fused-ring (bicyclic) bond motifs is 1. The Morgan fingerprint density at radius 2 is 1.83 bits per heavy atom. The van der Waals surface area contributed by atoms with Crippen molar-refractivity contribution in [1.82, 2.24) is 9.97 Å². The van der Waals surface area contributed by atoms with Crippen LogP contribution in [0, 0.1) is 11.7 Å². The number of nitrogens with two attached hydrogens (primary N) is 2. The third kappa shape index (κ3) is 4.40. The van der Waals surface area contributed by atoms with Crippen LogP contribution in [-0.2, 0) is 4.79 Å². The van der Waals surface area contributed by atoms with E-state index in [0.29, 0.717) is 5.69 Å². The SMILES string of the molecule is CC(Nc1nc(Nc2cnc3ccccc3c2)c(C(N)=O)cc1F)C(C)C(N)=O. The number of hydrogen-bond acceptors (Lipinski definition) is 6. The maximum Gasteiger partial charge on any atom is 0.252 e. The van der Waals surface area contributed by atoms with Crippen molar-refractivity contribution < 1.29 is 14.0 Å². The summed E-state index contributed by atoms with van der Waals surface area (Å²) >= 11 is 0. The van der Waals surface area contributed by atoms with Gasteiger partial charge in [-0.25, -0.2) is 9.37 Å². The number of benzene rings is 1. The smallest absolute Gasteiger partial charge is 0.252 e. The number of halogens is 1. The lowest BCUT2D eigenvalue weighted by molar-refractivity contribution is -0.121. The summed E-state index contributed by atoms with van der Waals surface area (Å²) in [5.74, 6) is -2.76. The van der Waals surface area contributed by atoms with Crippen LogP contribution in [0.2, 0.25) is 0 Å². The van der Waals surface area contributed by atoms with Crippen molar-refractivity contribution in [3.8, 4) is 0 Å². The summed E-state index contributed by atoms with van der Waals surface area (Å²) in [7, 11) is 0. The average Bonchev–Trinajstić information content (AvgIpc) is 2.69. The van der Waals surface area contributed by atoms with Gasteiger partial charge in [0.25, 0.3) is 5.91 Å². The van der Waals surface area contributed by atoms with E-state index < -0.39 is 29.6 Å². The van der Waals surface area contributed by atoms with E-state index in [1.54, 1.807) is 20.0 Å². The first-order chi connectivity index (χ1) is 13.8. The van der Waals surface area contributed by atoms with Gasteiger partial charge >= 0.3 is 0 Å². The van der Waals surface area contributed by atoms with Crippen molar-refractivity contribution in [1.29, 1.82) is 0 Å². The van der Waals surface area contributed by atoms with E-state index in [1.165, 1.54) is 0 Å². The lowest BCUT2D eigenvalue weighted by Crippen LogP contribution is -2.34. The predicted molar refractivity (Wildman–Crippen MR) is 109 cm³/mol. The van der Waals surface area contributed by atoms with Crippen LogP contribution in [-0.4, -0.2) is 27.8 Å². The molecule has 2 amide bonds. The van der Waals surface area contributed by atoms with Crippen LogP contribution in [0.25, 0.3) is 10.9 Å². The topological polar surface area (TPSA) is 136 Å². The molecule has 0 saturated carbocycles. The Bertz CT molecular complexity index is 1090. The van der Waals surface area contributed by atoms with E-state index in [9.17, 15) is 14.0 Å². The van der Waals surface area contributed by atoms with Crippen molar-refractivity contribution in [2.45, 2.75) is 19.9 Å². The second-order valence-corrected chi connectivity index (χ2v) is 6.74. The van der Waals surface area contributed by atoms with E-state index in [0.717, 1.165) is 17.0 Å². The van der Waals surface area contributed by atoms with Gasteiger partial charge in [0, 0.05) is 11.4 Å². The molecule has 0 saturated heterocycles. The van der Waals surface area contributed by atoms with Gasteiger partial charge in [-0.15, -0.1) is 0 Å². The summed E-state index contributed by atoms with van der Waals surface area (Å²) < 4.78 is 14.5. The number of anilines is 3. The molecule has 150 valence electrons. The molecule has 2 heterocycles. The van der Waals surface area contributed by atoms with E-state index in [1.807, 2.05) is 30.3 Å². The fraction of sp³-hybridized carbons (Fsp3) is 0.200. The molecule has 8 nitrogen and oxygen atoms in total. The van der Waals surface area contributed by atoms with Gasteiger partial charge < -0.3 is 22.1 Å². The van der Waals surface area contributed by atoms with Crippen LogP contribution < -0.4 is 22.1 Å². The molecule has 0 aliphatic carbocycles. The van der Waals surface area contributed by atoms with Crippen molar-refractivity contribution in [3.05, 3.63) is 54.0 Å². The Kier molecular flexibility index (Phi) is 5.58. The molecule has 0 radical (unpaired) electrons. The molecular formula is C20H21FN6O2. The van der Waals surface area contributed by atoms with Crippen molar-refractivity contribution in [3.63, 3.8) is 0 Å². The molecule has 0 fully saturated rings. The Morgan fingerprint density at radius 1 is 1.10 bits per heavy atom. The molecule has 3 rings (SSSR count). The first kappa shape index (κ1) is 20.0. The molecule has 0 aliphatic rings. The lowest BCUT2D eigenvalue weighted by atomic mass is 10.0. The number of carbonyl (C=O) groups excluding carboxylic acids is 2. The number of primary amides is 2. The minimum absolute atomic E-state index is 0.0670. The standard InChI is InChI=1S/C20H21FN6O2/c1-10(17(22)28)11(2)25-20-15(21)8-14(18(23)29)19(27-20)26-13-7-12-5-3-4-6-16(12)24-9-13/h3-11H,1-2H3,(H2,22,28)(H2,23,29)(H2,25,26,27). The normalized spacial score (nSPS) is 12.9. The monoisotopic (exact) mass is 396 g/mol. The average molecular weight is 396 g/mol. The third-order valence-corrected chi connectivity index (χ3v) is 4.66. The van der Waals surface area contributed by atoms with Gasteiger partial charge in [-0.2, -0.15) is 0 Å². The first-order valence-corrected chi connectivity index (χ1v) is 8.94. The van der Waals surface area contributed by atoms with E-state index in [-0.39, 0.29) is 17.2 Å². The second kappa shape index (κ2) is 8.09. The van der Waals surface area contributed by atoms with Gasteiger partial charge in [0.2, 0.25) is 5.91 Å². The van der Waals surface area contributed by atoms with E-state index in [2.05, 4.69) is 20.6 Å².